The maximum absolute atomic E-state index is 5.37. The van der Waals surface area contributed by atoms with E-state index in [4.69, 9.17) is 17.0 Å². The summed E-state index contributed by atoms with van der Waals surface area (Å²) in [5.74, 6) is 0. The van der Waals surface area contributed by atoms with Crippen molar-refractivity contribution >= 4 is 31.5 Å². The zero-order valence-electron chi connectivity index (χ0n) is 10.8. The SMILES string of the molecule is C[CH]=[Zr]([Cl])[Cl].c1cc[cH-]c1.c1ccc2[cH-]ccc2c1. The third kappa shape index (κ3) is 7.62. The van der Waals surface area contributed by atoms with Crippen molar-refractivity contribution in [1.29, 1.82) is 0 Å². The van der Waals surface area contributed by atoms with E-state index >= 15 is 0 Å². The zero-order valence-corrected chi connectivity index (χ0v) is 14.7. The molecule has 0 saturated heterocycles. The molecular formula is C16H16Cl2Zr-2. The monoisotopic (exact) mass is 368 g/mol. The fourth-order valence-electron chi connectivity index (χ4n) is 1.39. The van der Waals surface area contributed by atoms with Crippen LogP contribution in [0.15, 0.2) is 72.8 Å². The molecule has 3 rings (SSSR count). The van der Waals surface area contributed by atoms with Gasteiger partial charge in [-0.1, -0.05) is 6.07 Å². The van der Waals surface area contributed by atoms with Gasteiger partial charge >= 0.3 is 46.5 Å². The fraction of sp³-hybridized carbons (Fsp3) is 0.0625. The molecule has 0 aliphatic carbocycles. The van der Waals surface area contributed by atoms with Crippen LogP contribution in [0.1, 0.15) is 6.92 Å². The number of hydrogen-bond donors (Lipinski definition) is 0. The van der Waals surface area contributed by atoms with Crippen molar-refractivity contribution in [3.63, 3.8) is 0 Å². The Hall–Kier alpha value is -0.487. The minimum absolute atomic E-state index is 1.33. The molecule has 100 valence electrons. The molecule has 0 saturated carbocycles. The molecule has 0 fully saturated rings. The largest absolute Gasteiger partial charge is 0.214 e. The van der Waals surface area contributed by atoms with Crippen molar-refractivity contribution in [3.05, 3.63) is 72.8 Å². The molecule has 3 aromatic rings. The van der Waals surface area contributed by atoms with Gasteiger partial charge < -0.3 is 0 Å². The average Bonchev–Trinajstić information content (AvgIpc) is 3.13. The van der Waals surface area contributed by atoms with Gasteiger partial charge in [-0.2, -0.15) is 35.7 Å². The van der Waals surface area contributed by atoms with Crippen LogP contribution in [0.25, 0.3) is 10.8 Å². The summed E-state index contributed by atoms with van der Waals surface area (Å²) in [6, 6.07) is 24.7. The second-order valence-corrected chi connectivity index (χ2v) is 12.5. The van der Waals surface area contributed by atoms with Crippen LogP contribution < -0.4 is 0 Å². The molecule has 0 N–H and O–H groups in total. The molecule has 0 amide bonds. The quantitative estimate of drug-likeness (QED) is 0.446. The van der Waals surface area contributed by atoms with E-state index in [1.807, 2.05) is 41.0 Å². The molecule has 0 spiro atoms. The molecule has 0 aromatic heterocycles. The number of benzene rings is 1. The fourth-order valence-corrected chi connectivity index (χ4v) is 1.39. The van der Waals surface area contributed by atoms with Gasteiger partial charge in [0.25, 0.3) is 0 Å². The van der Waals surface area contributed by atoms with Crippen LogP contribution >= 0.6 is 17.0 Å². The first-order valence-corrected chi connectivity index (χ1v) is 13.7. The van der Waals surface area contributed by atoms with Crippen molar-refractivity contribution in [2.24, 2.45) is 0 Å². The second-order valence-electron chi connectivity index (χ2n) is 3.70. The normalized spacial score (nSPS) is 8.79. The summed E-state index contributed by atoms with van der Waals surface area (Å²) in [7, 11) is 10.7. The molecule has 0 unspecified atom stereocenters. The van der Waals surface area contributed by atoms with Crippen LogP contribution in [0.5, 0.6) is 0 Å². The number of hydrogen-bond acceptors (Lipinski definition) is 0. The van der Waals surface area contributed by atoms with Crippen LogP contribution in [-0.2, 0) is 18.9 Å². The van der Waals surface area contributed by atoms with Crippen LogP contribution in [0.4, 0.5) is 0 Å². The number of halogens is 2. The van der Waals surface area contributed by atoms with E-state index in [1.165, 1.54) is 10.8 Å². The van der Waals surface area contributed by atoms with Crippen LogP contribution in [0.3, 0.4) is 0 Å². The Bertz CT molecular complexity index is 528. The van der Waals surface area contributed by atoms with Gasteiger partial charge in [-0.3, -0.25) is 0 Å². The summed E-state index contributed by atoms with van der Waals surface area (Å²) in [5, 5.41) is 2.66. The molecule has 3 heteroatoms. The van der Waals surface area contributed by atoms with E-state index in [0.29, 0.717) is 0 Å². The standard InChI is InChI=1S/C9H7.C5H5.C2H4.2ClH.Zr/c1-2-5-9-7-3-6-8(9)4-1;1-2-4-5-3-1;1-2;;;/h1-7H;1-5H;1H,2H3;2*1H;/q2*-1;;;;+2/p-2. The van der Waals surface area contributed by atoms with Gasteiger partial charge in [-0.25, -0.2) is 12.1 Å². The molecule has 19 heavy (non-hydrogen) atoms. The Morgan fingerprint density at radius 1 is 0.947 bits per heavy atom. The van der Waals surface area contributed by atoms with Gasteiger partial charge in [0.05, 0.1) is 0 Å². The molecular weight excluding hydrogens is 354 g/mol. The maximum atomic E-state index is 5.37. The van der Waals surface area contributed by atoms with Crippen LogP contribution in [0.2, 0.25) is 0 Å². The van der Waals surface area contributed by atoms with Gasteiger partial charge in [0, 0.05) is 0 Å². The zero-order chi connectivity index (χ0) is 13.9. The Balaban J connectivity index is 0.000000156. The number of fused-ring (bicyclic) bond motifs is 1. The van der Waals surface area contributed by atoms with Crippen LogP contribution in [-0.4, -0.2) is 3.71 Å². The molecule has 0 nitrogen and oxygen atoms in total. The van der Waals surface area contributed by atoms with Crippen molar-refractivity contribution in [2.75, 3.05) is 0 Å². The summed E-state index contributed by atoms with van der Waals surface area (Å²) in [5.41, 5.74) is 0. The summed E-state index contributed by atoms with van der Waals surface area (Å²) < 4.78 is 1.89. The van der Waals surface area contributed by atoms with Crippen molar-refractivity contribution < 1.29 is 18.9 Å². The van der Waals surface area contributed by atoms with Crippen molar-refractivity contribution in [2.45, 2.75) is 6.92 Å². The van der Waals surface area contributed by atoms with E-state index < -0.39 is 18.9 Å². The molecule has 0 radical (unpaired) electrons. The number of rotatable bonds is 0. The summed E-state index contributed by atoms with van der Waals surface area (Å²) >= 11 is -1.76. The summed E-state index contributed by atoms with van der Waals surface area (Å²) in [6.07, 6.45) is 0. The summed E-state index contributed by atoms with van der Waals surface area (Å²) in [4.78, 5) is 0. The van der Waals surface area contributed by atoms with Gasteiger partial charge in [-0.15, -0.1) is 29.7 Å². The van der Waals surface area contributed by atoms with Gasteiger partial charge in [0.1, 0.15) is 0 Å². The van der Waals surface area contributed by atoms with E-state index in [2.05, 4.69) is 42.5 Å². The van der Waals surface area contributed by atoms with Gasteiger partial charge in [0.2, 0.25) is 0 Å². The summed E-state index contributed by atoms with van der Waals surface area (Å²) in [6.45, 7) is 1.90. The third-order valence-corrected chi connectivity index (χ3v) is 5.98. The molecule has 0 bridgehead atoms. The van der Waals surface area contributed by atoms with Crippen molar-refractivity contribution in [3.8, 4) is 0 Å². The molecule has 0 heterocycles. The second kappa shape index (κ2) is 10.3. The minimum Gasteiger partial charge on any atom is -0.214 e. The minimum atomic E-state index is -1.76. The Kier molecular flexibility index (Phi) is 9.00. The van der Waals surface area contributed by atoms with Crippen LogP contribution in [0, 0.1) is 0 Å². The van der Waals surface area contributed by atoms with Gasteiger partial charge in [0.15, 0.2) is 0 Å². The van der Waals surface area contributed by atoms with Crippen molar-refractivity contribution in [1.82, 2.24) is 0 Å². The molecule has 0 atom stereocenters. The molecule has 0 aliphatic rings. The average molecular weight is 370 g/mol. The maximum Gasteiger partial charge on any atom is -0.0809 e. The van der Waals surface area contributed by atoms with E-state index in [0.717, 1.165) is 0 Å². The predicted molar refractivity (Wildman–Crippen MR) is 85.0 cm³/mol. The Labute approximate surface area is 129 Å². The van der Waals surface area contributed by atoms with E-state index in [9.17, 15) is 0 Å². The Morgan fingerprint density at radius 3 is 2.05 bits per heavy atom. The topological polar surface area (TPSA) is 0 Å². The molecule has 0 aliphatic heterocycles. The Morgan fingerprint density at radius 2 is 1.58 bits per heavy atom. The van der Waals surface area contributed by atoms with E-state index in [-0.39, 0.29) is 0 Å². The first-order chi connectivity index (χ1) is 9.24. The molecule has 3 aromatic carbocycles. The first-order valence-electron chi connectivity index (χ1n) is 5.98. The van der Waals surface area contributed by atoms with Gasteiger partial charge in [-0.05, 0) is 0 Å². The predicted octanol–water partition coefficient (Wildman–Crippen LogP) is 5.70. The third-order valence-electron chi connectivity index (χ3n) is 2.32. The van der Waals surface area contributed by atoms with E-state index in [1.54, 1.807) is 0 Å². The first kappa shape index (κ1) is 16.6. The smallest absolute Gasteiger partial charge is 0.0809 e.